The number of hydrogen-bond donors (Lipinski definition) is 0. The fourth-order valence-corrected chi connectivity index (χ4v) is 3.33. The summed E-state index contributed by atoms with van der Waals surface area (Å²) in [5.74, 6) is 0.781. The average molecular weight is 414 g/mol. The highest BCUT2D eigenvalue weighted by atomic mass is 16.5. The molecule has 0 N–H and O–H groups in total. The highest BCUT2D eigenvalue weighted by Crippen LogP contribution is 2.30. The molecule has 0 aliphatic carbocycles. The van der Waals surface area contributed by atoms with Crippen LogP contribution in [0.5, 0.6) is 17.2 Å². The number of hydrogen-bond acceptors (Lipinski definition) is 5. The lowest BCUT2D eigenvalue weighted by atomic mass is 10.0. The molecule has 0 amide bonds. The molecule has 0 spiro atoms. The van der Waals surface area contributed by atoms with Gasteiger partial charge in [-0.1, -0.05) is 49.7 Å². The topological polar surface area (TPSA) is 65.7 Å². The van der Waals surface area contributed by atoms with E-state index in [9.17, 15) is 9.59 Å². The molecule has 3 aromatic carbocycles. The molecule has 0 radical (unpaired) electrons. The maximum absolute atomic E-state index is 12.9. The van der Waals surface area contributed by atoms with E-state index in [0.717, 1.165) is 11.1 Å². The summed E-state index contributed by atoms with van der Waals surface area (Å²) in [5.41, 5.74) is 2.43. The van der Waals surface area contributed by atoms with Crippen molar-refractivity contribution in [3.63, 3.8) is 0 Å². The zero-order valence-corrected chi connectivity index (χ0v) is 17.5. The Kier molecular flexibility index (Phi) is 5.58. The van der Waals surface area contributed by atoms with Crippen LogP contribution in [-0.2, 0) is 0 Å². The molecule has 31 heavy (non-hydrogen) atoms. The first-order valence-corrected chi connectivity index (χ1v) is 10.0. The van der Waals surface area contributed by atoms with Crippen LogP contribution < -0.4 is 14.9 Å². The lowest BCUT2D eigenvalue weighted by molar-refractivity contribution is 0.0735. The van der Waals surface area contributed by atoms with Crippen molar-refractivity contribution >= 4 is 16.9 Å². The first-order valence-electron chi connectivity index (χ1n) is 10.0. The van der Waals surface area contributed by atoms with Gasteiger partial charge >= 0.3 is 5.97 Å². The first kappa shape index (κ1) is 20.4. The molecule has 0 unspecified atom stereocenters. The number of para-hydroxylation sites is 1. The fraction of sp³-hybridized carbons (Fsp3) is 0.154. The van der Waals surface area contributed by atoms with Gasteiger partial charge in [0.05, 0.1) is 10.9 Å². The lowest BCUT2D eigenvalue weighted by Crippen LogP contribution is -2.09. The summed E-state index contributed by atoms with van der Waals surface area (Å²) in [7, 11) is 0. The molecule has 1 heterocycles. The SMILES string of the molecule is Cc1cccc(C(=O)Oc2ccc3c(=O)c(Oc4ccccc4C(C)C)coc3c2)c1. The van der Waals surface area contributed by atoms with Gasteiger partial charge in [0.25, 0.3) is 0 Å². The summed E-state index contributed by atoms with van der Waals surface area (Å²) in [6, 6.07) is 19.4. The number of esters is 1. The number of carbonyl (C=O) groups is 1. The second-order valence-electron chi connectivity index (χ2n) is 7.64. The van der Waals surface area contributed by atoms with E-state index in [1.807, 2.05) is 37.3 Å². The molecular formula is C26H22O5. The van der Waals surface area contributed by atoms with Gasteiger partial charge in [-0.25, -0.2) is 4.79 Å². The van der Waals surface area contributed by atoms with Crippen molar-refractivity contribution in [1.29, 1.82) is 0 Å². The number of ether oxygens (including phenoxy) is 2. The fourth-order valence-electron chi connectivity index (χ4n) is 3.33. The van der Waals surface area contributed by atoms with E-state index in [0.29, 0.717) is 28.0 Å². The van der Waals surface area contributed by atoms with Crippen LogP contribution in [0.4, 0.5) is 0 Å². The van der Waals surface area contributed by atoms with Crippen LogP contribution >= 0.6 is 0 Å². The first-order chi connectivity index (χ1) is 14.9. The van der Waals surface area contributed by atoms with Gasteiger partial charge in [0.1, 0.15) is 23.3 Å². The van der Waals surface area contributed by atoms with E-state index in [1.54, 1.807) is 30.3 Å². The van der Waals surface area contributed by atoms with E-state index in [2.05, 4.69) is 13.8 Å². The molecule has 5 heteroatoms. The van der Waals surface area contributed by atoms with Crippen molar-refractivity contribution in [3.8, 4) is 17.2 Å². The molecule has 0 saturated heterocycles. The minimum absolute atomic E-state index is 0.102. The molecule has 4 aromatic rings. The summed E-state index contributed by atoms with van der Waals surface area (Å²) in [4.78, 5) is 25.3. The predicted octanol–water partition coefficient (Wildman–Crippen LogP) is 6.24. The van der Waals surface area contributed by atoms with Gasteiger partial charge in [-0.2, -0.15) is 0 Å². The molecule has 1 aromatic heterocycles. The maximum Gasteiger partial charge on any atom is 0.343 e. The molecule has 156 valence electrons. The highest BCUT2D eigenvalue weighted by molar-refractivity contribution is 5.91. The molecule has 0 bridgehead atoms. The van der Waals surface area contributed by atoms with E-state index >= 15 is 0 Å². The Morgan fingerprint density at radius 1 is 0.935 bits per heavy atom. The third kappa shape index (κ3) is 4.36. The standard InChI is InChI=1S/C26H22O5/c1-16(2)20-9-4-5-10-22(20)31-24-15-29-23-14-19(11-12-21(23)25(24)27)30-26(28)18-8-6-7-17(3)13-18/h4-16H,1-3H3. The minimum atomic E-state index is -0.476. The Bertz CT molecular complexity index is 1320. The summed E-state index contributed by atoms with van der Waals surface area (Å²) in [6.07, 6.45) is 1.29. The third-order valence-electron chi connectivity index (χ3n) is 4.94. The molecule has 5 nitrogen and oxygen atoms in total. The number of rotatable bonds is 5. The van der Waals surface area contributed by atoms with Gasteiger partial charge in [0.15, 0.2) is 0 Å². The largest absolute Gasteiger partial charge is 0.460 e. The van der Waals surface area contributed by atoms with Gasteiger partial charge in [-0.3, -0.25) is 4.79 Å². The van der Waals surface area contributed by atoms with Gasteiger partial charge < -0.3 is 13.9 Å². The Morgan fingerprint density at radius 2 is 1.74 bits per heavy atom. The number of carbonyl (C=O) groups excluding carboxylic acids is 1. The Hall–Kier alpha value is -3.86. The van der Waals surface area contributed by atoms with Gasteiger partial charge in [0.2, 0.25) is 11.2 Å². The molecule has 0 aliphatic heterocycles. The molecule has 0 atom stereocenters. The summed E-state index contributed by atoms with van der Waals surface area (Å²) in [5, 5.41) is 0.342. The van der Waals surface area contributed by atoms with E-state index in [4.69, 9.17) is 13.9 Å². The van der Waals surface area contributed by atoms with Crippen LogP contribution in [0.15, 0.2) is 82.2 Å². The minimum Gasteiger partial charge on any atom is -0.460 e. The zero-order valence-electron chi connectivity index (χ0n) is 17.5. The quantitative estimate of drug-likeness (QED) is 0.286. The Labute approximate surface area is 179 Å². The van der Waals surface area contributed by atoms with E-state index < -0.39 is 5.97 Å². The zero-order chi connectivity index (χ0) is 22.0. The molecule has 4 rings (SSSR count). The highest BCUT2D eigenvalue weighted by Gasteiger charge is 2.15. The Morgan fingerprint density at radius 3 is 2.52 bits per heavy atom. The van der Waals surface area contributed by atoms with Crippen LogP contribution in [0.25, 0.3) is 11.0 Å². The smallest absolute Gasteiger partial charge is 0.343 e. The van der Waals surface area contributed by atoms with Crippen molar-refractivity contribution in [1.82, 2.24) is 0 Å². The van der Waals surface area contributed by atoms with Crippen molar-refractivity contribution in [3.05, 3.63) is 99.9 Å². The average Bonchev–Trinajstić information content (AvgIpc) is 2.76. The van der Waals surface area contributed by atoms with E-state index in [-0.39, 0.29) is 17.1 Å². The van der Waals surface area contributed by atoms with E-state index in [1.165, 1.54) is 12.3 Å². The molecule has 0 aliphatic rings. The van der Waals surface area contributed by atoms with Crippen LogP contribution in [0.1, 0.15) is 41.3 Å². The number of benzene rings is 3. The second-order valence-corrected chi connectivity index (χ2v) is 7.64. The van der Waals surface area contributed by atoms with Gasteiger partial charge in [0, 0.05) is 6.07 Å². The summed E-state index contributed by atoms with van der Waals surface area (Å²) < 4.78 is 16.9. The van der Waals surface area contributed by atoms with Crippen molar-refractivity contribution in [2.45, 2.75) is 26.7 Å². The van der Waals surface area contributed by atoms with Crippen LogP contribution in [0.2, 0.25) is 0 Å². The lowest BCUT2D eigenvalue weighted by Gasteiger charge is -2.13. The molecular weight excluding hydrogens is 392 g/mol. The summed E-state index contributed by atoms with van der Waals surface area (Å²) >= 11 is 0. The number of aryl methyl sites for hydroxylation is 1. The van der Waals surface area contributed by atoms with Crippen LogP contribution in [0.3, 0.4) is 0 Å². The van der Waals surface area contributed by atoms with Gasteiger partial charge in [-0.05, 0) is 48.7 Å². The van der Waals surface area contributed by atoms with Crippen molar-refractivity contribution in [2.24, 2.45) is 0 Å². The second kappa shape index (κ2) is 8.48. The predicted molar refractivity (Wildman–Crippen MR) is 119 cm³/mol. The third-order valence-corrected chi connectivity index (χ3v) is 4.94. The normalized spacial score (nSPS) is 11.0. The molecule has 0 fully saturated rings. The number of fused-ring (bicyclic) bond motifs is 1. The van der Waals surface area contributed by atoms with Crippen molar-refractivity contribution in [2.75, 3.05) is 0 Å². The van der Waals surface area contributed by atoms with Crippen molar-refractivity contribution < 1.29 is 18.7 Å². The summed E-state index contributed by atoms with van der Waals surface area (Å²) in [6.45, 7) is 6.02. The maximum atomic E-state index is 12.9. The Balaban J connectivity index is 1.61. The van der Waals surface area contributed by atoms with Gasteiger partial charge in [-0.15, -0.1) is 0 Å². The molecule has 0 saturated carbocycles. The monoisotopic (exact) mass is 414 g/mol. The van der Waals surface area contributed by atoms with Crippen LogP contribution in [-0.4, -0.2) is 5.97 Å². The van der Waals surface area contributed by atoms with Crippen LogP contribution in [0, 0.1) is 6.92 Å².